The van der Waals surface area contributed by atoms with Crippen molar-refractivity contribution in [2.75, 3.05) is 13.1 Å². The molecule has 1 fully saturated rings. The highest BCUT2D eigenvalue weighted by Crippen LogP contribution is 2.26. The first kappa shape index (κ1) is 16.9. The lowest BCUT2D eigenvalue weighted by Crippen LogP contribution is -2.62. The third kappa shape index (κ3) is 4.05. The summed E-state index contributed by atoms with van der Waals surface area (Å²) < 4.78 is 13.9. The fraction of sp³-hybridized carbons (Fsp3) is 0.647. The molecule has 1 aliphatic rings. The molecule has 21 heavy (non-hydrogen) atoms. The molecule has 0 aliphatic carbocycles. The van der Waals surface area contributed by atoms with Crippen LogP contribution in [0.25, 0.3) is 0 Å². The molecule has 0 spiro atoms. The van der Waals surface area contributed by atoms with Gasteiger partial charge in [0, 0.05) is 31.2 Å². The Balaban J connectivity index is 2.12. The van der Waals surface area contributed by atoms with Gasteiger partial charge in [-0.05, 0) is 53.4 Å². The number of halogens is 2. The first-order valence-electron chi connectivity index (χ1n) is 7.76. The highest BCUT2D eigenvalue weighted by Gasteiger charge is 2.35. The lowest BCUT2D eigenvalue weighted by atomic mass is 9.90. The van der Waals surface area contributed by atoms with Gasteiger partial charge in [0.25, 0.3) is 0 Å². The smallest absolute Gasteiger partial charge is 0.137 e. The van der Waals surface area contributed by atoms with Crippen LogP contribution in [0.1, 0.15) is 39.7 Å². The van der Waals surface area contributed by atoms with Crippen molar-refractivity contribution in [2.45, 2.75) is 52.2 Å². The van der Waals surface area contributed by atoms with Gasteiger partial charge in [-0.3, -0.25) is 4.90 Å². The Morgan fingerprint density at radius 2 is 2.19 bits per heavy atom. The van der Waals surface area contributed by atoms with E-state index in [1.165, 1.54) is 6.42 Å². The van der Waals surface area contributed by atoms with E-state index in [-0.39, 0.29) is 11.4 Å². The molecule has 1 aromatic carbocycles. The second-order valence-corrected chi connectivity index (χ2v) is 7.67. The van der Waals surface area contributed by atoms with Gasteiger partial charge in [-0.1, -0.05) is 26.3 Å². The summed E-state index contributed by atoms with van der Waals surface area (Å²) in [6.07, 6.45) is 1.19. The summed E-state index contributed by atoms with van der Waals surface area (Å²) in [5, 5.41) is 3.69. The summed E-state index contributed by atoms with van der Waals surface area (Å²) in [6, 6.07) is 5.86. The van der Waals surface area contributed by atoms with Crippen LogP contribution in [0, 0.1) is 11.7 Å². The second-order valence-electron chi connectivity index (χ2n) is 6.81. The van der Waals surface area contributed by atoms with Gasteiger partial charge in [-0.2, -0.15) is 0 Å². The number of benzene rings is 1. The van der Waals surface area contributed by atoms with E-state index in [1.807, 2.05) is 12.1 Å². The Labute approximate surface area is 136 Å². The molecule has 0 amide bonds. The van der Waals surface area contributed by atoms with Crippen LogP contribution in [-0.4, -0.2) is 29.6 Å². The van der Waals surface area contributed by atoms with Gasteiger partial charge >= 0.3 is 0 Å². The van der Waals surface area contributed by atoms with Crippen LogP contribution in [-0.2, 0) is 6.54 Å². The van der Waals surface area contributed by atoms with Gasteiger partial charge in [0.2, 0.25) is 0 Å². The molecular formula is C17H26BrFN2. The molecule has 0 bridgehead atoms. The Kier molecular flexibility index (Phi) is 5.44. The lowest BCUT2D eigenvalue weighted by Gasteiger charge is -2.47. The van der Waals surface area contributed by atoms with Gasteiger partial charge < -0.3 is 5.32 Å². The standard InChI is InChI=1S/C17H26BrFN2/c1-5-12(2)16-10-21(17(3,4)11-20-16)9-13-6-7-15(19)14(18)8-13/h6-8,12,16,20H,5,9-11H2,1-4H3. The zero-order chi connectivity index (χ0) is 15.6. The molecular weight excluding hydrogens is 331 g/mol. The minimum atomic E-state index is -0.198. The predicted molar refractivity (Wildman–Crippen MR) is 89.8 cm³/mol. The molecule has 1 aromatic rings. The molecule has 1 aliphatic heterocycles. The van der Waals surface area contributed by atoms with Gasteiger partial charge in [0.05, 0.1) is 4.47 Å². The third-order valence-corrected chi connectivity index (χ3v) is 5.37. The molecule has 2 nitrogen and oxygen atoms in total. The molecule has 2 unspecified atom stereocenters. The molecule has 0 saturated carbocycles. The fourth-order valence-corrected chi connectivity index (χ4v) is 3.27. The van der Waals surface area contributed by atoms with Gasteiger partial charge in [0.1, 0.15) is 5.82 Å². The summed E-state index contributed by atoms with van der Waals surface area (Å²) in [6.45, 7) is 12.0. The molecule has 0 radical (unpaired) electrons. The van der Waals surface area contributed by atoms with E-state index in [0.717, 1.165) is 25.2 Å². The SMILES string of the molecule is CCC(C)C1CN(Cc2ccc(F)c(Br)c2)C(C)(C)CN1. The monoisotopic (exact) mass is 356 g/mol. The number of hydrogen-bond donors (Lipinski definition) is 1. The number of hydrogen-bond acceptors (Lipinski definition) is 2. The first-order valence-corrected chi connectivity index (χ1v) is 8.55. The van der Waals surface area contributed by atoms with Crippen molar-refractivity contribution in [2.24, 2.45) is 5.92 Å². The molecule has 4 heteroatoms. The van der Waals surface area contributed by atoms with Gasteiger partial charge in [-0.25, -0.2) is 4.39 Å². The zero-order valence-corrected chi connectivity index (χ0v) is 15.0. The van der Waals surface area contributed by atoms with E-state index >= 15 is 0 Å². The Hall–Kier alpha value is -0.450. The normalized spacial score (nSPS) is 24.0. The summed E-state index contributed by atoms with van der Waals surface area (Å²) >= 11 is 3.28. The molecule has 118 valence electrons. The largest absolute Gasteiger partial charge is 0.311 e. The quantitative estimate of drug-likeness (QED) is 0.869. The van der Waals surface area contributed by atoms with Crippen molar-refractivity contribution in [1.82, 2.24) is 10.2 Å². The Morgan fingerprint density at radius 1 is 1.48 bits per heavy atom. The van der Waals surface area contributed by atoms with Crippen molar-refractivity contribution in [1.29, 1.82) is 0 Å². The van der Waals surface area contributed by atoms with Gasteiger partial charge in [0.15, 0.2) is 0 Å². The van der Waals surface area contributed by atoms with Crippen LogP contribution in [0.4, 0.5) is 4.39 Å². The van der Waals surface area contributed by atoms with Crippen molar-refractivity contribution in [3.05, 3.63) is 34.1 Å². The Bertz CT molecular complexity index is 490. The lowest BCUT2D eigenvalue weighted by molar-refractivity contribution is 0.0448. The first-order chi connectivity index (χ1) is 9.83. The topological polar surface area (TPSA) is 15.3 Å². The number of nitrogens with zero attached hydrogens (tertiary/aromatic N) is 1. The van der Waals surface area contributed by atoms with Crippen LogP contribution in [0.2, 0.25) is 0 Å². The average molecular weight is 357 g/mol. The molecule has 2 rings (SSSR count). The van der Waals surface area contributed by atoms with Crippen molar-refractivity contribution >= 4 is 15.9 Å². The van der Waals surface area contributed by atoms with Crippen molar-refractivity contribution in [3.8, 4) is 0 Å². The number of rotatable bonds is 4. The fourth-order valence-electron chi connectivity index (χ4n) is 2.84. The average Bonchev–Trinajstić information content (AvgIpc) is 2.44. The van der Waals surface area contributed by atoms with Crippen LogP contribution in [0.15, 0.2) is 22.7 Å². The van der Waals surface area contributed by atoms with Crippen molar-refractivity contribution in [3.63, 3.8) is 0 Å². The molecule has 0 aromatic heterocycles. The van der Waals surface area contributed by atoms with Crippen LogP contribution >= 0.6 is 15.9 Å². The van der Waals surface area contributed by atoms with E-state index in [4.69, 9.17) is 0 Å². The summed E-state index contributed by atoms with van der Waals surface area (Å²) in [5.41, 5.74) is 1.27. The second kappa shape index (κ2) is 6.76. The van der Waals surface area contributed by atoms with Crippen LogP contribution in [0.3, 0.4) is 0 Å². The minimum Gasteiger partial charge on any atom is -0.311 e. The van der Waals surface area contributed by atoms with E-state index in [1.54, 1.807) is 6.07 Å². The maximum atomic E-state index is 13.4. The van der Waals surface area contributed by atoms with E-state index in [2.05, 4.69) is 53.8 Å². The van der Waals surface area contributed by atoms with Crippen LogP contribution in [0.5, 0.6) is 0 Å². The highest BCUT2D eigenvalue weighted by atomic mass is 79.9. The molecule has 1 heterocycles. The number of nitrogens with one attached hydrogen (secondary N) is 1. The van der Waals surface area contributed by atoms with E-state index < -0.39 is 0 Å². The van der Waals surface area contributed by atoms with E-state index in [0.29, 0.717) is 16.4 Å². The Morgan fingerprint density at radius 3 is 2.81 bits per heavy atom. The highest BCUT2D eigenvalue weighted by molar-refractivity contribution is 9.10. The van der Waals surface area contributed by atoms with Gasteiger partial charge in [-0.15, -0.1) is 0 Å². The molecule has 2 atom stereocenters. The molecule has 1 saturated heterocycles. The summed E-state index contributed by atoms with van der Waals surface area (Å²) in [5.74, 6) is 0.472. The van der Waals surface area contributed by atoms with E-state index in [9.17, 15) is 4.39 Å². The predicted octanol–water partition coefficient (Wildman–Crippen LogP) is 4.19. The number of piperazine rings is 1. The maximum absolute atomic E-state index is 13.4. The summed E-state index contributed by atoms with van der Waals surface area (Å²) in [7, 11) is 0. The van der Waals surface area contributed by atoms with Crippen molar-refractivity contribution < 1.29 is 4.39 Å². The third-order valence-electron chi connectivity index (χ3n) is 4.76. The van der Waals surface area contributed by atoms with Crippen LogP contribution < -0.4 is 5.32 Å². The minimum absolute atomic E-state index is 0.116. The molecule has 1 N–H and O–H groups in total. The zero-order valence-electron chi connectivity index (χ0n) is 13.4. The maximum Gasteiger partial charge on any atom is 0.137 e. The summed E-state index contributed by atoms with van der Waals surface area (Å²) in [4.78, 5) is 2.51.